The van der Waals surface area contributed by atoms with E-state index in [4.69, 9.17) is 18.9 Å². The maximum absolute atomic E-state index is 12.6. The van der Waals surface area contributed by atoms with Crippen LogP contribution in [0.4, 0.5) is 0 Å². The zero-order chi connectivity index (χ0) is 21.5. The summed E-state index contributed by atoms with van der Waals surface area (Å²) in [6.07, 6.45) is 0. The number of amides is 1. The van der Waals surface area contributed by atoms with E-state index in [0.29, 0.717) is 11.5 Å². The average Bonchev–Trinajstić information content (AvgIpc) is 2.61. The van der Waals surface area contributed by atoms with Crippen molar-refractivity contribution in [3.05, 3.63) is 23.8 Å². The average molecular weight is 395 g/mol. The van der Waals surface area contributed by atoms with E-state index in [9.17, 15) is 14.4 Å². The molecule has 1 aromatic rings. The monoisotopic (exact) mass is 395 g/mol. The number of hydrogen-bond acceptors (Lipinski definition) is 7. The molecule has 0 bridgehead atoms. The first-order chi connectivity index (χ1) is 13.0. The van der Waals surface area contributed by atoms with Crippen LogP contribution in [-0.4, -0.2) is 50.3 Å². The number of methoxy groups -OCH3 is 2. The molecule has 1 aromatic carbocycles. The number of rotatable bonds is 8. The van der Waals surface area contributed by atoms with Crippen LogP contribution < -0.4 is 14.8 Å². The summed E-state index contributed by atoms with van der Waals surface area (Å²) < 4.78 is 20.4. The summed E-state index contributed by atoms with van der Waals surface area (Å²) in [7, 11) is 2.95. The molecule has 0 aromatic heterocycles. The van der Waals surface area contributed by atoms with E-state index < -0.39 is 36.1 Å². The Morgan fingerprint density at radius 2 is 1.54 bits per heavy atom. The van der Waals surface area contributed by atoms with Crippen molar-refractivity contribution in [1.82, 2.24) is 5.32 Å². The molecular weight excluding hydrogens is 366 g/mol. The largest absolute Gasteiger partial charge is 0.497 e. The Morgan fingerprint density at radius 3 is 1.96 bits per heavy atom. The van der Waals surface area contributed by atoms with Crippen molar-refractivity contribution in [2.24, 2.45) is 5.92 Å². The fourth-order valence-corrected chi connectivity index (χ4v) is 2.25. The maximum Gasteiger partial charge on any atom is 0.344 e. The van der Waals surface area contributed by atoms with Gasteiger partial charge in [0.1, 0.15) is 23.1 Å². The Balaban J connectivity index is 2.83. The lowest BCUT2D eigenvalue weighted by Crippen LogP contribution is -2.46. The van der Waals surface area contributed by atoms with Crippen LogP contribution in [0.1, 0.15) is 45.0 Å². The van der Waals surface area contributed by atoms with Gasteiger partial charge in [-0.25, -0.2) is 9.59 Å². The number of nitrogens with one attached hydrogen (secondary N) is 1. The number of esters is 2. The molecule has 0 fully saturated rings. The van der Waals surface area contributed by atoms with Crippen molar-refractivity contribution >= 4 is 17.8 Å². The van der Waals surface area contributed by atoms with Crippen molar-refractivity contribution in [1.29, 1.82) is 0 Å². The first-order valence-electron chi connectivity index (χ1n) is 8.89. The molecule has 0 spiro atoms. The normalized spacial score (nSPS) is 12.1. The number of carbonyl (C=O) groups excluding carboxylic acids is 3. The topological polar surface area (TPSA) is 100 Å². The van der Waals surface area contributed by atoms with Gasteiger partial charge in [0, 0.05) is 11.6 Å². The second-order valence-corrected chi connectivity index (χ2v) is 7.49. The van der Waals surface area contributed by atoms with E-state index in [1.807, 2.05) is 0 Å². The molecule has 1 rings (SSSR count). The summed E-state index contributed by atoms with van der Waals surface area (Å²) in [6, 6.07) is 3.75. The first-order valence-corrected chi connectivity index (χ1v) is 8.89. The summed E-state index contributed by atoms with van der Waals surface area (Å²) in [6.45, 7) is 8.13. The molecule has 8 heteroatoms. The van der Waals surface area contributed by atoms with Crippen LogP contribution >= 0.6 is 0 Å². The van der Waals surface area contributed by atoms with Crippen molar-refractivity contribution in [2.75, 3.05) is 20.8 Å². The van der Waals surface area contributed by atoms with Gasteiger partial charge in [0.2, 0.25) is 0 Å². The molecule has 1 N–H and O–H groups in total. The van der Waals surface area contributed by atoms with Gasteiger partial charge in [-0.2, -0.15) is 0 Å². The van der Waals surface area contributed by atoms with Gasteiger partial charge in [-0.3, -0.25) is 4.79 Å². The first kappa shape index (κ1) is 23.3. The quantitative estimate of drug-likeness (QED) is 0.674. The predicted octanol–water partition coefficient (Wildman–Crippen LogP) is 2.34. The minimum Gasteiger partial charge on any atom is -0.497 e. The number of hydrogen-bond donors (Lipinski definition) is 1. The fourth-order valence-electron chi connectivity index (χ4n) is 2.25. The summed E-state index contributed by atoms with van der Waals surface area (Å²) in [5.41, 5.74) is -0.414. The molecule has 1 amide bonds. The molecule has 28 heavy (non-hydrogen) atoms. The van der Waals surface area contributed by atoms with Gasteiger partial charge in [0.25, 0.3) is 5.91 Å². The number of ether oxygens (including phenoxy) is 4. The van der Waals surface area contributed by atoms with Gasteiger partial charge in [-0.05, 0) is 38.8 Å². The molecule has 0 aliphatic carbocycles. The van der Waals surface area contributed by atoms with Crippen LogP contribution in [0.3, 0.4) is 0 Å². The fraction of sp³-hybridized carbons (Fsp3) is 0.550. The Bertz CT molecular complexity index is 685. The zero-order valence-corrected chi connectivity index (χ0v) is 17.5. The van der Waals surface area contributed by atoms with E-state index in [2.05, 4.69) is 5.32 Å². The molecule has 1 atom stereocenters. The third-order valence-corrected chi connectivity index (χ3v) is 3.57. The predicted molar refractivity (Wildman–Crippen MR) is 102 cm³/mol. The molecule has 8 nitrogen and oxygen atoms in total. The third kappa shape index (κ3) is 7.46. The number of benzene rings is 1. The Labute approximate surface area is 165 Å². The second kappa shape index (κ2) is 9.96. The summed E-state index contributed by atoms with van der Waals surface area (Å²) in [5, 5.41) is 2.63. The lowest BCUT2D eigenvalue weighted by molar-refractivity contribution is -0.167. The molecule has 0 unspecified atom stereocenters. The summed E-state index contributed by atoms with van der Waals surface area (Å²) >= 11 is 0. The highest BCUT2D eigenvalue weighted by Crippen LogP contribution is 2.22. The standard InChI is InChI=1S/C20H29NO7/c1-12(2)17(19(24)27-11-16(22)28-20(3,4)5)21-18(23)13-8-14(25-6)10-15(9-13)26-7/h8-10,12,17H,11H2,1-7H3,(H,21,23)/t17-/m0/s1. The van der Waals surface area contributed by atoms with Gasteiger partial charge >= 0.3 is 11.9 Å². The molecule has 0 aliphatic rings. The van der Waals surface area contributed by atoms with Crippen LogP contribution in [-0.2, 0) is 19.1 Å². The highest BCUT2D eigenvalue weighted by atomic mass is 16.6. The zero-order valence-electron chi connectivity index (χ0n) is 17.5. The van der Waals surface area contributed by atoms with Crippen LogP contribution in [0, 0.1) is 5.92 Å². The Morgan fingerprint density at radius 1 is 1.00 bits per heavy atom. The van der Waals surface area contributed by atoms with Gasteiger partial charge < -0.3 is 24.3 Å². The lowest BCUT2D eigenvalue weighted by Gasteiger charge is -2.22. The van der Waals surface area contributed by atoms with Gasteiger partial charge in [0.15, 0.2) is 6.61 Å². The van der Waals surface area contributed by atoms with Gasteiger partial charge in [-0.1, -0.05) is 13.8 Å². The maximum atomic E-state index is 12.6. The van der Waals surface area contributed by atoms with E-state index in [-0.39, 0.29) is 11.5 Å². The number of carbonyl (C=O) groups is 3. The molecule has 0 heterocycles. The van der Waals surface area contributed by atoms with E-state index in [1.165, 1.54) is 26.4 Å². The minimum atomic E-state index is -0.938. The Kier molecular flexibility index (Phi) is 8.28. The molecule has 0 aliphatic heterocycles. The molecule has 0 radical (unpaired) electrons. The highest BCUT2D eigenvalue weighted by molar-refractivity contribution is 5.97. The van der Waals surface area contributed by atoms with Crippen molar-refractivity contribution in [2.45, 2.75) is 46.3 Å². The van der Waals surface area contributed by atoms with E-state index in [0.717, 1.165) is 0 Å². The summed E-state index contributed by atoms with van der Waals surface area (Å²) in [4.78, 5) is 36.7. The smallest absolute Gasteiger partial charge is 0.344 e. The van der Waals surface area contributed by atoms with Crippen LogP contribution in [0.15, 0.2) is 18.2 Å². The third-order valence-electron chi connectivity index (χ3n) is 3.57. The second-order valence-electron chi connectivity index (χ2n) is 7.49. The summed E-state index contributed by atoms with van der Waals surface area (Å²) in [5.74, 6) is -1.25. The molecule has 0 saturated carbocycles. The highest BCUT2D eigenvalue weighted by Gasteiger charge is 2.28. The van der Waals surface area contributed by atoms with Crippen molar-refractivity contribution in [3.8, 4) is 11.5 Å². The lowest BCUT2D eigenvalue weighted by atomic mass is 10.0. The van der Waals surface area contributed by atoms with E-state index in [1.54, 1.807) is 40.7 Å². The van der Waals surface area contributed by atoms with Crippen LogP contribution in [0.2, 0.25) is 0 Å². The van der Waals surface area contributed by atoms with Crippen LogP contribution in [0.25, 0.3) is 0 Å². The van der Waals surface area contributed by atoms with Gasteiger partial charge in [-0.15, -0.1) is 0 Å². The van der Waals surface area contributed by atoms with Crippen LogP contribution in [0.5, 0.6) is 11.5 Å². The Hall–Kier alpha value is -2.77. The molecule has 156 valence electrons. The molecular formula is C20H29NO7. The molecule has 0 saturated heterocycles. The minimum absolute atomic E-state index is 0.261. The van der Waals surface area contributed by atoms with Crippen molar-refractivity contribution < 1.29 is 33.3 Å². The van der Waals surface area contributed by atoms with E-state index >= 15 is 0 Å². The van der Waals surface area contributed by atoms with Crippen molar-refractivity contribution in [3.63, 3.8) is 0 Å². The SMILES string of the molecule is COc1cc(OC)cc(C(=O)N[C@H](C(=O)OCC(=O)OC(C)(C)C)C(C)C)c1. The van der Waals surface area contributed by atoms with Gasteiger partial charge in [0.05, 0.1) is 14.2 Å².